The maximum absolute atomic E-state index is 13.5. The van der Waals surface area contributed by atoms with Crippen LogP contribution in [0.5, 0.6) is 5.75 Å². The molecule has 2 rings (SSSR count). The number of rotatable bonds is 9. The molecule has 0 unspecified atom stereocenters. The average molecular weight is 411 g/mol. The van der Waals surface area contributed by atoms with Crippen molar-refractivity contribution in [1.29, 1.82) is 0 Å². The van der Waals surface area contributed by atoms with Crippen molar-refractivity contribution in [2.75, 3.05) is 26.7 Å². The van der Waals surface area contributed by atoms with E-state index < -0.39 is 17.5 Å². The molecule has 8 heteroatoms. The number of carbonyl (C=O) groups excluding carboxylic acids is 2. The summed E-state index contributed by atoms with van der Waals surface area (Å²) in [6, 6.07) is 9.74. The molecule has 0 spiro atoms. The van der Waals surface area contributed by atoms with Gasteiger partial charge in [0.05, 0.1) is 12.1 Å². The van der Waals surface area contributed by atoms with Gasteiger partial charge in [0.25, 0.3) is 5.91 Å². The molecule has 0 saturated carbocycles. The summed E-state index contributed by atoms with van der Waals surface area (Å²) in [6.07, 6.45) is 0.618. The van der Waals surface area contributed by atoms with Gasteiger partial charge in [0.2, 0.25) is 5.91 Å². The fourth-order valence-corrected chi connectivity index (χ4v) is 2.56. The highest BCUT2D eigenvalue weighted by Crippen LogP contribution is 2.17. The Morgan fingerprint density at radius 3 is 2.68 bits per heavy atom. The number of halogens is 3. The summed E-state index contributed by atoms with van der Waals surface area (Å²) in [5, 5.41) is 3.09. The van der Waals surface area contributed by atoms with Crippen LogP contribution >= 0.6 is 11.6 Å². The Kier molecular flexibility index (Phi) is 8.19. The second-order valence-electron chi connectivity index (χ2n) is 6.10. The van der Waals surface area contributed by atoms with E-state index >= 15 is 0 Å². The third-order valence-corrected chi connectivity index (χ3v) is 4.18. The molecule has 0 atom stereocenters. The molecular weight excluding hydrogens is 390 g/mol. The Labute approximate surface area is 167 Å². The molecule has 0 radical (unpaired) electrons. The number of likely N-dealkylation sites (N-methyl/N-ethyl adjacent to an activating group) is 1. The van der Waals surface area contributed by atoms with Gasteiger partial charge in [0.1, 0.15) is 24.0 Å². The molecule has 0 saturated heterocycles. The van der Waals surface area contributed by atoms with E-state index in [4.69, 9.17) is 16.3 Å². The van der Waals surface area contributed by atoms with Crippen LogP contribution in [0.15, 0.2) is 42.5 Å². The van der Waals surface area contributed by atoms with Crippen LogP contribution in [0.1, 0.15) is 23.2 Å². The van der Waals surface area contributed by atoms with Crippen molar-refractivity contribution in [3.63, 3.8) is 0 Å². The lowest BCUT2D eigenvalue weighted by molar-refractivity contribution is -0.130. The van der Waals surface area contributed by atoms with E-state index in [1.165, 1.54) is 4.90 Å². The lowest BCUT2D eigenvalue weighted by Gasteiger charge is -2.17. The Morgan fingerprint density at radius 1 is 1.18 bits per heavy atom. The quantitative estimate of drug-likeness (QED) is 0.642. The minimum absolute atomic E-state index is 0.100. The Balaban J connectivity index is 1.65. The predicted octanol–water partition coefficient (Wildman–Crippen LogP) is 3.67. The predicted molar refractivity (Wildman–Crippen MR) is 103 cm³/mol. The molecule has 5 nitrogen and oxygen atoms in total. The van der Waals surface area contributed by atoms with E-state index in [1.807, 2.05) is 0 Å². The summed E-state index contributed by atoms with van der Waals surface area (Å²) in [4.78, 5) is 25.5. The first-order valence-electron chi connectivity index (χ1n) is 8.72. The highest BCUT2D eigenvalue weighted by atomic mass is 35.5. The number of nitrogens with zero attached hydrogens (tertiary/aromatic N) is 1. The largest absolute Gasteiger partial charge is 0.492 e. The van der Waals surface area contributed by atoms with Gasteiger partial charge in [-0.3, -0.25) is 9.59 Å². The molecule has 0 aliphatic rings. The summed E-state index contributed by atoms with van der Waals surface area (Å²) >= 11 is 5.87. The topological polar surface area (TPSA) is 58.6 Å². The maximum atomic E-state index is 13.5. The monoisotopic (exact) mass is 410 g/mol. The smallest absolute Gasteiger partial charge is 0.254 e. The molecule has 2 amide bonds. The van der Waals surface area contributed by atoms with Gasteiger partial charge in [-0.05, 0) is 36.8 Å². The van der Waals surface area contributed by atoms with Crippen molar-refractivity contribution < 1.29 is 23.1 Å². The number of carbonyl (C=O) groups is 2. The number of nitrogens with one attached hydrogen (secondary N) is 1. The molecule has 0 heterocycles. The fraction of sp³-hybridized carbons (Fsp3) is 0.300. The Hall–Kier alpha value is -2.67. The number of hydrogen-bond acceptors (Lipinski definition) is 3. The summed E-state index contributed by atoms with van der Waals surface area (Å²) in [6.45, 7) is 0.926. The molecule has 0 bridgehead atoms. The normalized spacial score (nSPS) is 10.4. The second-order valence-corrected chi connectivity index (χ2v) is 6.54. The minimum atomic E-state index is -0.923. The highest BCUT2D eigenvalue weighted by Gasteiger charge is 2.13. The van der Waals surface area contributed by atoms with E-state index in [0.717, 1.165) is 12.1 Å². The fourth-order valence-electron chi connectivity index (χ4n) is 2.38. The van der Waals surface area contributed by atoms with Crippen LogP contribution in [0, 0.1) is 11.6 Å². The van der Waals surface area contributed by atoms with Gasteiger partial charge in [-0.25, -0.2) is 8.78 Å². The van der Waals surface area contributed by atoms with Crippen LogP contribution in [0.25, 0.3) is 0 Å². The van der Waals surface area contributed by atoms with Crippen molar-refractivity contribution in [3.05, 3.63) is 64.7 Å². The van der Waals surface area contributed by atoms with Crippen LogP contribution in [-0.4, -0.2) is 43.5 Å². The lowest BCUT2D eigenvalue weighted by Crippen LogP contribution is -2.32. The van der Waals surface area contributed by atoms with Gasteiger partial charge in [0, 0.05) is 31.1 Å². The zero-order valence-corrected chi connectivity index (χ0v) is 16.1. The number of benzene rings is 2. The summed E-state index contributed by atoms with van der Waals surface area (Å²) in [5.74, 6) is -1.79. The van der Waals surface area contributed by atoms with Crippen LogP contribution in [0.2, 0.25) is 5.02 Å². The minimum Gasteiger partial charge on any atom is -0.492 e. The molecule has 2 aromatic carbocycles. The van der Waals surface area contributed by atoms with Gasteiger partial charge < -0.3 is 15.0 Å². The van der Waals surface area contributed by atoms with E-state index in [2.05, 4.69) is 5.32 Å². The Bertz CT molecular complexity index is 833. The van der Waals surface area contributed by atoms with E-state index in [9.17, 15) is 18.4 Å². The second kappa shape index (κ2) is 10.6. The van der Waals surface area contributed by atoms with Gasteiger partial charge in [0.15, 0.2) is 0 Å². The highest BCUT2D eigenvalue weighted by molar-refractivity contribution is 6.30. The third kappa shape index (κ3) is 6.81. The van der Waals surface area contributed by atoms with Crippen molar-refractivity contribution in [1.82, 2.24) is 10.2 Å². The van der Waals surface area contributed by atoms with E-state index in [-0.39, 0.29) is 24.4 Å². The maximum Gasteiger partial charge on any atom is 0.254 e. The van der Waals surface area contributed by atoms with Gasteiger partial charge in [-0.1, -0.05) is 17.7 Å². The lowest BCUT2D eigenvalue weighted by atomic mass is 10.2. The van der Waals surface area contributed by atoms with Gasteiger partial charge in [-0.15, -0.1) is 0 Å². The standard InChI is InChI=1S/C20H21ClF2N2O3/c1-25(10-11-28-16-5-2-4-14(21)12-16)19(26)6-3-9-24-20(27)17-8-7-15(22)13-18(17)23/h2,4-5,7-8,12-13H,3,6,9-11H2,1H3,(H,24,27). The molecule has 0 fully saturated rings. The molecule has 0 aliphatic heterocycles. The molecular formula is C20H21ClF2N2O3. The molecule has 0 aliphatic carbocycles. The van der Waals surface area contributed by atoms with E-state index in [1.54, 1.807) is 31.3 Å². The summed E-state index contributed by atoms with van der Waals surface area (Å²) in [5.41, 5.74) is -0.233. The van der Waals surface area contributed by atoms with E-state index in [0.29, 0.717) is 36.4 Å². The van der Waals surface area contributed by atoms with Crippen molar-refractivity contribution >= 4 is 23.4 Å². The molecule has 150 valence electrons. The summed E-state index contributed by atoms with van der Waals surface area (Å²) in [7, 11) is 1.66. The van der Waals surface area contributed by atoms with Crippen LogP contribution in [0.4, 0.5) is 8.78 Å². The SMILES string of the molecule is CN(CCOc1cccc(Cl)c1)C(=O)CCCNC(=O)c1ccc(F)cc1F. The van der Waals surface area contributed by atoms with Gasteiger partial charge >= 0.3 is 0 Å². The zero-order chi connectivity index (χ0) is 20.5. The Morgan fingerprint density at radius 2 is 1.96 bits per heavy atom. The van der Waals surface area contributed by atoms with Crippen molar-refractivity contribution in [2.24, 2.45) is 0 Å². The molecule has 2 aromatic rings. The van der Waals surface area contributed by atoms with Crippen LogP contribution in [0.3, 0.4) is 0 Å². The average Bonchev–Trinajstić information content (AvgIpc) is 2.64. The molecule has 1 N–H and O–H groups in total. The first kappa shape index (κ1) is 21.6. The van der Waals surface area contributed by atoms with Crippen LogP contribution < -0.4 is 10.1 Å². The van der Waals surface area contributed by atoms with Crippen molar-refractivity contribution in [3.8, 4) is 5.75 Å². The van der Waals surface area contributed by atoms with Crippen LogP contribution in [-0.2, 0) is 4.79 Å². The molecule has 28 heavy (non-hydrogen) atoms. The molecule has 0 aromatic heterocycles. The first-order chi connectivity index (χ1) is 13.4. The number of amides is 2. The van der Waals surface area contributed by atoms with Crippen molar-refractivity contribution in [2.45, 2.75) is 12.8 Å². The number of ether oxygens (including phenoxy) is 1. The number of hydrogen-bond donors (Lipinski definition) is 1. The van der Waals surface area contributed by atoms with Gasteiger partial charge in [-0.2, -0.15) is 0 Å². The summed E-state index contributed by atoms with van der Waals surface area (Å²) < 4.78 is 31.9. The first-order valence-corrected chi connectivity index (χ1v) is 9.10. The third-order valence-electron chi connectivity index (χ3n) is 3.95. The zero-order valence-electron chi connectivity index (χ0n) is 15.4.